The van der Waals surface area contributed by atoms with Gasteiger partial charge in [0.25, 0.3) is 11.7 Å². The van der Waals surface area contributed by atoms with E-state index >= 15 is 0 Å². The lowest BCUT2D eigenvalue weighted by atomic mass is 9.95. The molecule has 30 heavy (non-hydrogen) atoms. The lowest BCUT2D eigenvalue weighted by Crippen LogP contribution is -2.31. The van der Waals surface area contributed by atoms with Gasteiger partial charge in [0, 0.05) is 45.6 Å². The van der Waals surface area contributed by atoms with Crippen molar-refractivity contribution in [3.05, 3.63) is 71.0 Å². The Kier molecular flexibility index (Phi) is 6.52. The highest BCUT2D eigenvalue weighted by molar-refractivity contribution is 6.46. The highest BCUT2D eigenvalue weighted by Crippen LogP contribution is 2.39. The van der Waals surface area contributed by atoms with Crippen molar-refractivity contribution in [2.75, 3.05) is 39.3 Å². The van der Waals surface area contributed by atoms with Gasteiger partial charge in [-0.15, -0.1) is 0 Å². The Morgan fingerprint density at radius 3 is 2.30 bits per heavy atom. The molecule has 7 heteroatoms. The molecule has 0 saturated carbocycles. The molecule has 1 fully saturated rings. The number of hydrogen-bond donors (Lipinski definition) is 1. The van der Waals surface area contributed by atoms with Gasteiger partial charge in [-0.05, 0) is 48.4 Å². The fraction of sp³-hybridized carbons (Fsp3) is 0.304. The monoisotopic (exact) mass is 412 g/mol. The van der Waals surface area contributed by atoms with Crippen LogP contribution in [0.5, 0.6) is 0 Å². The summed E-state index contributed by atoms with van der Waals surface area (Å²) in [5.74, 6) is -2.20. The molecule has 0 aromatic heterocycles. The zero-order valence-electron chi connectivity index (χ0n) is 17.3. The van der Waals surface area contributed by atoms with Crippen LogP contribution in [0.3, 0.4) is 0 Å². The standard InChI is InChI=1S/C23H25FN2O4/c1-25(2)18-11-7-15(8-12-18)20-19(21(27)16-5-9-17(24)10-6-16)22(28)23(29)26(20)13-4-14-30-3/h5-12,20,27H,4,13-14H2,1-3H3/b21-19-. The maximum absolute atomic E-state index is 13.3. The van der Waals surface area contributed by atoms with E-state index in [1.165, 1.54) is 29.2 Å². The number of likely N-dealkylation sites (tertiary alicyclic amines) is 1. The van der Waals surface area contributed by atoms with E-state index in [9.17, 15) is 19.1 Å². The van der Waals surface area contributed by atoms with Crippen LogP contribution in [0.2, 0.25) is 0 Å². The maximum atomic E-state index is 13.3. The number of benzene rings is 2. The van der Waals surface area contributed by atoms with Crippen molar-refractivity contribution < 1.29 is 23.8 Å². The zero-order chi connectivity index (χ0) is 21.8. The predicted octanol–water partition coefficient (Wildman–Crippen LogP) is 3.35. The van der Waals surface area contributed by atoms with E-state index < -0.39 is 23.5 Å². The Bertz CT molecular complexity index is 952. The second-order valence-electron chi connectivity index (χ2n) is 7.33. The van der Waals surface area contributed by atoms with Gasteiger partial charge in [0.1, 0.15) is 11.6 Å². The third kappa shape index (κ3) is 4.21. The van der Waals surface area contributed by atoms with Crippen molar-refractivity contribution >= 4 is 23.1 Å². The average molecular weight is 412 g/mol. The number of ether oxygens (including phenoxy) is 1. The van der Waals surface area contributed by atoms with Crippen LogP contribution in [-0.2, 0) is 14.3 Å². The molecule has 1 aliphatic heterocycles. The van der Waals surface area contributed by atoms with Gasteiger partial charge in [0.2, 0.25) is 0 Å². The maximum Gasteiger partial charge on any atom is 0.295 e. The minimum absolute atomic E-state index is 0.00151. The van der Waals surface area contributed by atoms with Crippen LogP contribution in [0.25, 0.3) is 5.76 Å². The Labute approximate surface area is 175 Å². The van der Waals surface area contributed by atoms with E-state index in [4.69, 9.17) is 4.74 Å². The van der Waals surface area contributed by atoms with Gasteiger partial charge in [-0.1, -0.05) is 12.1 Å². The van der Waals surface area contributed by atoms with E-state index in [2.05, 4.69) is 0 Å². The van der Waals surface area contributed by atoms with Gasteiger partial charge >= 0.3 is 0 Å². The number of aliphatic hydroxyl groups excluding tert-OH is 1. The number of aliphatic hydroxyl groups is 1. The molecule has 3 rings (SSSR count). The minimum Gasteiger partial charge on any atom is -0.507 e. The molecule has 2 aromatic carbocycles. The van der Waals surface area contributed by atoms with E-state index in [1.807, 2.05) is 43.3 Å². The first-order valence-corrected chi connectivity index (χ1v) is 9.65. The Morgan fingerprint density at radius 2 is 1.73 bits per heavy atom. The second kappa shape index (κ2) is 9.09. The highest BCUT2D eigenvalue weighted by Gasteiger charge is 2.45. The normalized spacial score (nSPS) is 18.1. The van der Waals surface area contributed by atoms with Crippen molar-refractivity contribution in [3.8, 4) is 0 Å². The molecule has 0 spiro atoms. The molecular weight excluding hydrogens is 387 g/mol. The lowest BCUT2D eigenvalue weighted by molar-refractivity contribution is -0.140. The molecule has 2 aromatic rings. The quantitative estimate of drug-likeness (QED) is 0.327. The summed E-state index contributed by atoms with van der Waals surface area (Å²) in [5.41, 5.74) is 1.96. The predicted molar refractivity (Wildman–Crippen MR) is 113 cm³/mol. The van der Waals surface area contributed by atoms with Crippen LogP contribution < -0.4 is 4.90 Å². The van der Waals surface area contributed by atoms with Crippen molar-refractivity contribution in [2.24, 2.45) is 0 Å². The molecule has 1 unspecified atom stereocenters. The van der Waals surface area contributed by atoms with E-state index in [0.29, 0.717) is 25.1 Å². The topological polar surface area (TPSA) is 70.1 Å². The summed E-state index contributed by atoms with van der Waals surface area (Å²) in [5, 5.41) is 10.9. The van der Waals surface area contributed by atoms with Gasteiger partial charge in [-0.2, -0.15) is 0 Å². The summed E-state index contributed by atoms with van der Waals surface area (Å²) in [6.45, 7) is 0.742. The first kappa shape index (κ1) is 21.5. The first-order chi connectivity index (χ1) is 14.3. The van der Waals surface area contributed by atoms with Gasteiger partial charge in [0.15, 0.2) is 0 Å². The average Bonchev–Trinajstić information content (AvgIpc) is 2.99. The number of nitrogens with zero attached hydrogens (tertiary/aromatic N) is 2. The zero-order valence-corrected chi connectivity index (χ0v) is 17.3. The molecule has 0 aliphatic carbocycles. The number of amides is 1. The van der Waals surface area contributed by atoms with Crippen LogP contribution in [0, 0.1) is 5.82 Å². The molecule has 0 radical (unpaired) electrons. The molecule has 1 N–H and O–H groups in total. The summed E-state index contributed by atoms with van der Waals surface area (Å²) in [7, 11) is 5.40. The molecule has 1 atom stereocenters. The highest BCUT2D eigenvalue weighted by atomic mass is 19.1. The number of carbonyl (C=O) groups excluding carboxylic acids is 2. The number of anilines is 1. The Morgan fingerprint density at radius 1 is 1.10 bits per heavy atom. The number of Topliss-reactive ketones (excluding diaryl/α,β-unsaturated/α-hetero) is 1. The summed E-state index contributed by atoms with van der Waals surface area (Å²) < 4.78 is 18.4. The third-order valence-electron chi connectivity index (χ3n) is 5.13. The molecule has 0 bridgehead atoms. The molecule has 1 amide bonds. The van der Waals surface area contributed by atoms with E-state index in [-0.39, 0.29) is 16.9 Å². The van der Waals surface area contributed by atoms with Crippen molar-refractivity contribution in [2.45, 2.75) is 12.5 Å². The van der Waals surface area contributed by atoms with Crippen LogP contribution in [0.1, 0.15) is 23.6 Å². The SMILES string of the molecule is COCCCN1C(=O)C(=O)/C(=C(\O)c2ccc(F)cc2)C1c1ccc(N(C)C)cc1. The number of methoxy groups -OCH3 is 1. The number of halogens is 1. The van der Waals surface area contributed by atoms with Crippen LogP contribution in [0.15, 0.2) is 54.1 Å². The molecule has 1 saturated heterocycles. The van der Waals surface area contributed by atoms with Crippen molar-refractivity contribution in [1.82, 2.24) is 4.90 Å². The van der Waals surface area contributed by atoms with Gasteiger partial charge < -0.3 is 19.6 Å². The molecule has 1 heterocycles. The molecule has 6 nitrogen and oxygen atoms in total. The molecule has 1 aliphatic rings. The Balaban J connectivity index is 2.10. The summed E-state index contributed by atoms with van der Waals surface area (Å²) >= 11 is 0. The third-order valence-corrected chi connectivity index (χ3v) is 5.13. The number of ketones is 1. The van der Waals surface area contributed by atoms with E-state index in [0.717, 1.165) is 5.69 Å². The van der Waals surface area contributed by atoms with Crippen molar-refractivity contribution in [1.29, 1.82) is 0 Å². The van der Waals surface area contributed by atoms with Crippen LogP contribution in [0.4, 0.5) is 10.1 Å². The fourth-order valence-corrected chi connectivity index (χ4v) is 3.55. The lowest BCUT2D eigenvalue weighted by Gasteiger charge is -2.26. The van der Waals surface area contributed by atoms with E-state index in [1.54, 1.807) is 7.11 Å². The fourth-order valence-electron chi connectivity index (χ4n) is 3.55. The second-order valence-corrected chi connectivity index (χ2v) is 7.33. The summed E-state index contributed by atoms with van der Waals surface area (Å²) in [6, 6.07) is 11.9. The molecule has 158 valence electrons. The summed E-state index contributed by atoms with van der Waals surface area (Å²) in [6.07, 6.45) is 0.548. The largest absolute Gasteiger partial charge is 0.507 e. The smallest absolute Gasteiger partial charge is 0.295 e. The first-order valence-electron chi connectivity index (χ1n) is 9.65. The molecular formula is C23H25FN2O4. The minimum atomic E-state index is -0.754. The van der Waals surface area contributed by atoms with Gasteiger partial charge in [-0.25, -0.2) is 4.39 Å². The number of hydrogen-bond acceptors (Lipinski definition) is 5. The van der Waals surface area contributed by atoms with Gasteiger partial charge in [-0.3, -0.25) is 9.59 Å². The number of carbonyl (C=O) groups is 2. The van der Waals surface area contributed by atoms with Crippen LogP contribution >= 0.6 is 0 Å². The van der Waals surface area contributed by atoms with Crippen molar-refractivity contribution in [3.63, 3.8) is 0 Å². The Hall–Kier alpha value is -3.19. The summed E-state index contributed by atoms with van der Waals surface area (Å²) in [4.78, 5) is 29.0. The number of rotatable bonds is 7. The van der Waals surface area contributed by atoms with Crippen LogP contribution in [-0.4, -0.2) is 56.1 Å². The van der Waals surface area contributed by atoms with Gasteiger partial charge in [0.05, 0.1) is 11.6 Å².